The van der Waals surface area contributed by atoms with Gasteiger partial charge in [0.25, 0.3) is 0 Å². The van der Waals surface area contributed by atoms with E-state index in [1.54, 1.807) is 22.1 Å². The van der Waals surface area contributed by atoms with Crippen molar-refractivity contribution in [3.8, 4) is 10.6 Å². The largest absolute Gasteiger partial charge is 0.477 e. The SMILES string of the molecule is O=C(O)c1cc(-c2cccs2)nn1CC1CC1. The van der Waals surface area contributed by atoms with E-state index in [1.165, 1.54) is 12.8 Å². The molecule has 0 atom stereocenters. The summed E-state index contributed by atoms with van der Waals surface area (Å²) in [4.78, 5) is 12.2. The Morgan fingerprint density at radius 1 is 1.59 bits per heavy atom. The average molecular weight is 248 g/mol. The number of thiophene rings is 1. The normalized spacial score (nSPS) is 15.1. The van der Waals surface area contributed by atoms with Gasteiger partial charge < -0.3 is 5.11 Å². The summed E-state index contributed by atoms with van der Waals surface area (Å²) in [5, 5.41) is 15.5. The van der Waals surface area contributed by atoms with E-state index in [4.69, 9.17) is 5.11 Å². The Bertz CT molecular complexity index is 541. The molecule has 0 aliphatic heterocycles. The monoisotopic (exact) mass is 248 g/mol. The molecule has 1 N–H and O–H groups in total. The van der Waals surface area contributed by atoms with E-state index < -0.39 is 5.97 Å². The van der Waals surface area contributed by atoms with Crippen LogP contribution in [-0.2, 0) is 6.54 Å². The molecule has 0 saturated heterocycles. The van der Waals surface area contributed by atoms with Crippen LogP contribution in [0.2, 0.25) is 0 Å². The molecule has 1 saturated carbocycles. The van der Waals surface area contributed by atoms with Crippen molar-refractivity contribution in [3.63, 3.8) is 0 Å². The zero-order chi connectivity index (χ0) is 11.8. The molecule has 88 valence electrons. The van der Waals surface area contributed by atoms with Crippen LogP contribution < -0.4 is 0 Å². The van der Waals surface area contributed by atoms with E-state index in [9.17, 15) is 4.79 Å². The van der Waals surface area contributed by atoms with Gasteiger partial charge in [0.15, 0.2) is 0 Å². The van der Waals surface area contributed by atoms with Gasteiger partial charge in [0, 0.05) is 6.54 Å². The van der Waals surface area contributed by atoms with Gasteiger partial charge in [0.2, 0.25) is 0 Å². The number of carbonyl (C=O) groups is 1. The highest BCUT2D eigenvalue weighted by Crippen LogP contribution is 2.32. The molecule has 4 nitrogen and oxygen atoms in total. The van der Waals surface area contributed by atoms with Crippen molar-refractivity contribution < 1.29 is 9.90 Å². The summed E-state index contributed by atoms with van der Waals surface area (Å²) < 4.78 is 1.63. The van der Waals surface area contributed by atoms with Gasteiger partial charge in [-0.1, -0.05) is 6.07 Å². The van der Waals surface area contributed by atoms with Crippen molar-refractivity contribution in [1.29, 1.82) is 0 Å². The summed E-state index contributed by atoms with van der Waals surface area (Å²) in [7, 11) is 0. The number of rotatable bonds is 4. The lowest BCUT2D eigenvalue weighted by atomic mass is 10.3. The molecular formula is C12H12N2O2S. The number of carboxylic acids is 1. The van der Waals surface area contributed by atoms with Crippen molar-refractivity contribution in [2.75, 3.05) is 0 Å². The first-order valence-corrected chi connectivity index (χ1v) is 6.47. The third-order valence-electron chi connectivity index (χ3n) is 2.90. The lowest BCUT2D eigenvalue weighted by molar-refractivity contribution is 0.0682. The van der Waals surface area contributed by atoms with E-state index in [1.807, 2.05) is 17.5 Å². The standard InChI is InChI=1S/C12H12N2O2S/c15-12(16)10-6-9(11-2-1-5-17-11)13-14(10)7-8-3-4-8/h1-2,5-6,8H,3-4,7H2,(H,15,16). The van der Waals surface area contributed by atoms with Crippen LogP contribution >= 0.6 is 11.3 Å². The van der Waals surface area contributed by atoms with Crippen LogP contribution in [0.25, 0.3) is 10.6 Å². The van der Waals surface area contributed by atoms with Crippen LogP contribution in [0.5, 0.6) is 0 Å². The minimum Gasteiger partial charge on any atom is -0.477 e. The summed E-state index contributed by atoms with van der Waals surface area (Å²) in [6.45, 7) is 0.729. The highest BCUT2D eigenvalue weighted by atomic mass is 32.1. The maximum Gasteiger partial charge on any atom is 0.354 e. The number of hydrogen-bond donors (Lipinski definition) is 1. The lowest BCUT2D eigenvalue weighted by Crippen LogP contribution is -2.10. The highest BCUT2D eigenvalue weighted by Gasteiger charge is 2.25. The first kappa shape index (κ1) is 10.5. The van der Waals surface area contributed by atoms with Crippen LogP contribution in [0, 0.1) is 5.92 Å². The second-order valence-electron chi connectivity index (χ2n) is 4.32. The average Bonchev–Trinajstić information content (AvgIpc) is 2.82. The number of hydrogen-bond acceptors (Lipinski definition) is 3. The van der Waals surface area contributed by atoms with Gasteiger partial charge in [0.1, 0.15) is 11.4 Å². The first-order valence-electron chi connectivity index (χ1n) is 5.59. The Kier molecular flexibility index (Phi) is 2.48. The number of aromatic carboxylic acids is 1. The van der Waals surface area contributed by atoms with Crippen LogP contribution in [0.3, 0.4) is 0 Å². The van der Waals surface area contributed by atoms with Crippen molar-refractivity contribution in [3.05, 3.63) is 29.3 Å². The van der Waals surface area contributed by atoms with Crippen LogP contribution in [0.1, 0.15) is 23.3 Å². The molecule has 0 unspecified atom stereocenters. The Hall–Kier alpha value is -1.62. The topological polar surface area (TPSA) is 55.1 Å². The summed E-state index contributed by atoms with van der Waals surface area (Å²) in [6, 6.07) is 5.57. The number of carboxylic acid groups (broad SMARTS) is 1. The minimum absolute atomic E-state index is 0.292. The van der Waals surface area contributed by atoms with Crippen LogP contribution in [0.15, 0.2) is 23.6 Å². The number of aromatic nitrogens is 2. The van der Waals surface area contributed by atoms with Gasteiger partial charge in [-0.2, -0.15) is 5.10 Å². The maximum atomic E-state index is 11.1. The molecule has 17 heavy (non-hydrogen) atoms. The minimum atomic E-state index is -0.902. The second kappa shape index (κ2) is 4.00. The molecule has 3 rings (SSSR count). The Labute approximate surface area is 103 Å². The molecule has 2 heterocycles. The van der Waals surface area contributed by atoms with Crippen molar-refractivity contribution in [2.45, 2.75) is 19.4 Å². The van der Waals surface area contributed by atoms with Gasteiger partial charge in [-0.15, -0.1) is 11.3 Å². The zero-order valence-corrected chi connectivity index (χ0v) is 9.98. The summed E-state index contributed by atoms with van der Waals surface area (Å²) in [5.41, 5.74) is 1.05. The molecule has 0 aromatic carbocycles. The molecule has 0 spiro atoms. The molecule has 1 aliphatic carbocycles. The van der Waals surface area contributed by atoms with Gasteiger partial charge >= 0.3 is 5.97 Å². The molecule has 1 aliphatic rings. The molecule has 0 amide bonds. The second-order valence-corrected chi connectivity index (χ2v) is 5.27. The fraction of sp³-hybridized carbons (Fsp3) is 0.333. The fourth-order valence-corrected chi connectivity index (χ4v) is 2.50. The predicted octanol–water partition coefficient (Wildman–Crippen LogP) is 2.72. The summed E-state index contributed by atoms with van der Waals surface area (Å²) in [5.74, 6) is -0.287. The smallest absolute Gasteiger partial charge is 0.354 e. The lowest BCUT2D eigenvalue weighted by Gasteiger charge is -2.01. The Morgan fingerprint density at radius 3 is 3.00 bits per heavy atom. The maximum absolute atomic E-state index is 11.1. The van der Waals surface area contributed by atoms with Crippen molar-refractivity contribution >= 4 is 17.3 Å². The molecule has 0 bridgehead atoms. The van der Waals surface area contributed by atoms with Gasteiger partial charge in [0.05, 0.1) is 4.88 Å². The Morgan fingerprint density at radius 2 is 2.41 bits per heavy atom. The van der Waals surface area contributed by atoms with Crippen LogP contribution in [-0.4, -0.2) is 20.9 Å². The third kappa shape index (κ3) is 2.10. The molecule has 0 radical (unpaired) electrons. The predicted molar refractivity (Wildman–Crippen MR) is 65.2 cm³/mol. The first-order chi connectivity index (χ1) is 8.24. The number of nitrogens with zero attached hydrogens (tertiary/aromatic N) is 2. The third-order valence-corrected chi connectivity index (χ3v) is 3.79. The van der Waals surface area contributed by atoms with Crippen LogP contribution in [0.4, 0.5) is 0 Å². The van der Waals surface area contributed by atoms with Gasteiger partial charge in [-0.05, 0) is 36.3 Å². The van der Waals surface area contributed by atoms with E-state index >= 15 is 0 Å². The molecule has 2 aromatic heterocycles. The quantitative estimate of drug-likeness (QED) is 0.905. The Balaban J connectivity index is 1.97. The van der Waals surface area contributed by atoms with Crippen molar-refractivity contribution in [1.82, 2.24) is 9.78 Å². The van der Waals surface area contributed by atoms with Gasteiger partial charge in [-0.3, -0.25) is 4.68 Å². The van der Waals surface area contributed by atoms with E-state index in [-0.39, 0.29) is 0 Å². The van der Waals surface area contributed by atoms with E-state index in [0.717, 1.165) is 17.1 Å². The highest BCUT2D eigenvalue weighted by molar-refractivity contribution is 7.13. The molecule has 1 fully saturated rings. The summed E-state index contributed by atoms with van der Waals surface area (Å²) in [6.07, 6.45) is 2.38. The molecule has 2 aromatic rings. The van der Waals surface area contributed by atoms with E-state index in [2.05, 4.69) is 5.10 Å². The van der Waals surface area contributed by atoms with E-state index in [0.29, 0.717) is 11.6 Å². The van der Waals surface area contributed by atoms with Crippen molar-refractivity contribution in [2.24, 2.45) is 5.92 Å². The van der Waals surface area contributed by atoms with Gasteiger partial charge in [-0.25, -0.2) is 4.79 Å². The zero-order valence-electron chi connectivity index (χ0n) is 9.17. The summed E-state index contributed by atoms with van der Waals surface area (Å²) >= 11 is 1.58. The molecule has 5 heteroatoms. The fourth-order valence-electron chi connectivity index (χ4n) is 1.82. The molecular weight excluding hydrogens is 236 g/mol.